The SMILES string of the molecule is Cc1ccc(S/C(OP(=O)(O)O)=C2\N=C(c3nc4ccc(O)cc4s3)SC2(C)C)cc1. The Balaban J connectivity index is 1.79. The summed E-state index contributed by atoms with van der Waals surface area (Å²) in [4.78, 5) is 29.1. The number of thioether (sulfide) groups is 2. The summed E-state index contributed by atoms with van der Waals surface area (Å²) in [5.74, 6) is 0.163. The fourth-order valence-corrected chi connectivity index (χ4v) is 6.68. The van der Waals surface area contributed by atoms with Crippen LogP contribution in [0.4, 0.5) is 0 Å². The van der Waals surface area contributed by atoms with Gasteiger partial charge in [0.05, 0.1) is 15.0 Å². The summed E-state index contributed by atoms with van der Waals surface area (Å²) in [5.41, 5.74) is 2.26. The number of aliphatic imine (C=N–C) groups is 1. The van der Waals surface area contributed by atoms with Crippen LogP contribution in [0.25, 0.3) is 10.2 Å². The summed E-state index contributed by atoms with van der Waals surface area (Å²) in [5, 5.41) is 11.1. The van der Waals surface area contributed by atoms with Crippen molar-refractivity contribution in [1.29, 1.82) is 0 Å². The Labute approximate surface area is 191 Å². The van der Waals surface area contributed by atoms with Crippen LogP contribution in [-0.2, 0) is 9.09 Å². The molecule has 0 aliphatic carbocycles. The Hall–Kier alpha value is -1.81. The number of aryl methyl sites for hydroxylation is 1. The first-order valence-corrected chi connectivity index (χ1v) is 13.1. The number of phosphoric acid groups is 1. The molecule has 1 aliphatic heterocycles. The van der Waals surface area contributed by atoms with Crippen molar-refractivity contribution in [3.05, 3.63) is 63.8 Å². The van der Waals surface area contributed by atoms with Gasteiger partial charge in [-0.05, 0) is 51.1 Å². The molecule has 0 unspecified atom stereocenters. The highest BCUT2D eigenvalue weighted by Crippen LogP contribution is 2.52. The van der Waals surface area contributed by atoms with Gasteiger partial charge in [-0.15, -0.1) is 11.3 Å². The largest absolute Gasteiger partial charge is 0.525 e. The highest BCUT2D eigenvalue weighted by Gasteiger charge is 2.39. The quantitative estimate of drug-likeness (QED) is 0.237. The van der Waals surface area contributed by atoms with Gasteiger partial charge in [0, 0.05) is 4.90 Å². The highest BCUT2D eigenvalue weighted by atomic mass is 32.2. The van der Waals surface area contributed by atoms with Gasteiger partial charge in [-0.2, -0.15) is 0 Å². The molecular weight excluding hydrogens is 475 g/mol. The summed E-state index contributed by atoms with van der Waals surface area (Å²) in [7, 11) is -4.80. The number of aromatic hydroxyl groups is 1. The normalized spacial score (nSPS) is 17.6. The Morgan fingerprint density at radius 2 is 1.87 bits per heavy atom. The van der Waals surface area contributed by atoms with E-state index in [1.807, 2.05) is 45.0 Å². The van der Waals surface area contributed by atoms with Crippen LogP contribution in [0.2, 0.25) is 0 Å². The molecule has 31 heavy (non-hydrogen) atoms. The molecule has 7 nitrogen and oxygen atoms in total. The Bertz CT molecular complexity index is 1260. The molecule has 162 valence electrons. The van der Waals surface area contributed by atoms with Crippen LogP contribution in [0.5, 0.6) is 5.75 Å². The maximum atomic E-state index is 11.7. The molecule has 3 N–H and O–H groups in total. The predicted octanol–water partition coefficient (Wildman–Crippen LogP) is 5.65. The number of thiazole rings is 1. The summed E-state index contributed by atoms with van der Waals surface area (Å²) in [6, 6.07) is 12.5. The lowest BCUT2D eigenvalue weighted by molar-refractivity contribution is 0.252. The number of phosphoric ester groups is 1. The van der Waals surface area contributed by atoms with Crippen molar-refractivity contribution in [2.45, 2.75) is 30.4 Å². The van der Waals surface area contributed by atoms with Crippen molar-refractivity contribution >= 4 is 57.9 Å². The first-order valence-electron chi connectivity index (χ1n) is 9.12. The van der Waals surface area contributed by atoms with E-state index >= 15 is 0 Å². The fraction of sp³-hybridized carbons (Fsp3) is 0.200. The zero-order valence-corrected chi connectivity index (χ0v) is 20.1. The third-order valence-electron chi connectivity index (χ3n) is 4.32. The molecule has 2 aromatic carbocycles. The van der Waals surface area contributed by atoms with Crippen molar-refractivity contribution in [3.8, 4) is 5.75 Å². The van der Waals surface area contributed by atoms with Crippen molar-refractivity contribution in [2.24, 2.45) is 4.99 Å². The van der Waals surface area contributed by atoms with Crippen LogP contribution in [-0.4, -0.2) is 29.7 Å². The molecule has 0 fully saturated rings. The summed E-state index contributed by atoms with van der Waals surface area (Å²) >= 11 is 3.97. The first kappa shape index (κ1) is 22.4. The van der Waals surface area contributed by atoms with Gasteiger partial charge in [-0.25, -0.2) is 14.5 Å². The Morgan fingerprint density at radius 3 is 2.55 bits per heavy atom. The van der Waals surface area contributed by atoms with Gasteiger partial charge in [0.15, 0.2) is 5.09 Å². The van der Waals surface area contributed by atoms with E-state index in [0.29, 0.717) is 15.7 Å². The van der Waals surface area contributed by atoms with Crippen LogP contribution < -0.4 is 0 Å². The minimum Gasteiger partial charge on any atom is -0.508 e. The lowest BCUT2D eigenvalue weighted by Crippen LogP contribution is -2.15. The maximum Gasteiger partial charge on any atom is 0.525 e. The lowest BCUT2D eigenvalue weighted by Gasteiger charge is -2.20. The molecule has 0 bridgehead atoms. The molecule has 0 amide bonds. The van der Waals surface area contributed by atoms with Crippen LogP contribution in [0.3, 0.4) is 0 Å². The van der Waals surface area contributed by atoms with Gasteiger partial charge < -0.3 is 9.63 Å². The van der Waals surface area contributed by atoms with Crippen molar-refractivity contribution in [3.63, 3.8) is 0 Å². The molecule has 2 heterocycles. The van der Waals surface area contributed by atoms with E-state index in [1.54, 1.807) is 18.2 Å². The molecule has 11 heteroatoms. The zero-order chi connectivity index (χ0) is 22.4. The van der Waals surface area contributed by atoms with Crippen molar-refractivity contribution < 1.29 is 24.0 Å². The second-order valence-electron chi connectivity index (χ2n) is 7.33. The third kappa shape index (κ3) is 5.16. The number of hydrogen-bond donors (Lipinski definition) is 3. The van der Waals surface area contributed by atoms with Crippen molar-refractivity contribution in [2.75, 3.05) is 0 Å². The standard InChI is InChI=1S/C20H19N2O5PS3/c1-11-4-7-13(8-5-11)29-19(27-28(24,25)26)16-20(2,3)31-18(22-16)17-21-14-9-6-12(23)10-15(14)30-17/h4-10,23H,1-3H3,(H2,24,25,26)/b19-16-. The first-order chi connectivity index (χ1) is 14.5. The maximum absolute atomic E-state index is 11.7. The van der Waals surface area contributed by atoms with Crippen LogP contribution in [0.1, 0.15) is 24.4 Å². The molecule has 0 spiro atoms. The van der Waals surface area contributed by atoms with Crippen LogP contribution in [0, 0.1) is 6.92 Å². The van der Waals surface area contributed by atoms with Gasteiger partial charge in [-0.3, -0.25) is 9.79 Å². The predicted molar refractivity (Wildman–Crippen MR) is 127 cm³/mol. The zero-order valence-electron chi connectivity index (χ0n) is 16.8. The van der Waals surface area contributed by atoms with E-state index in [9.17, 15) is 19.5 Å². The lowest BCUT2D eigenvalue weighted by atomic mass is 10.1. The molecule has 3 aromatic rings. The van der Waals surface area contributed by atoms with E-state index in [4.69, 9.17) is 4.52 Å². The molecule has 4 rings (SSSR count). The average molecular weight is 495 g/mol. The smallest absolute Gasteiger partial charge is 0.508 e. The van der Waals surface area contributed by atoms with Gasteiger partial charge in [0.25, 0.3) is 0 Å². The van der Waals surface area contributed by atoms with E-state index in [0.717, 1.165) is 32.4 Å². The summed E-state index contributed by atoms with van der Waals surface area (Å²) < 4.78 is 17.0. The Kier molecular flexibility index (Phi) is 5.97. The number of benzene rings is 2. The molecule has 0 saturated heterocycles. The minimum atomic E-state index is -4.80. The van der Waals surface area contributed by atoms with E-state index in [2.05, 4.69) is 9.98 Å². The number of phenols is 1. The molecule has 0 saturated carbocycles. The molecule has 0 atom stereocenters. The number of fused-ring (bicyclic) bond motifs is 1. The van der Waals surface area contributed by atoms with Gasteiger partial charge in [0.2, 0.25) is 0 Å². The second-order valence-corrected chi connectivity index (χ2v) is 12.2. The van der Waals surface area contributed by atoms with Gasteiger partial charge in [-0.1, -0.05) is 41.2 Å². The van der Waals surface area contributed by atoms with Crippen LogP contribution in [0.15, 0.2) is 63.1 Å². The van der Waals surface area contributed by atoms with Crippen molar-refractivity contribution in [1.82, 2.24) is 4.98 Å². The topological polar surface area (TPSA) is 112 Å². The van der Waals surface area contributed by atoms with Crippen LogP contribution >= 0.6 is 42.7 Å². The monoisotopic (exact) mass is 494 g/mol. The molecule has 1 aromatic heterocycles. The summed E-state index contributed by atoms with van der Waals surface area (Å²) in [6.45, 7) is 5.80. The van der Waals surface area contributed by atoms with Gasteiger partial charge in [0.1, 0.15) is 21.5 Å². The third-order valence-corrected chi connectivity index (χ3v) is 8.17. The van der Waals surface area contributed by atoms with E-state index < -0.39 is 12.6 Å². The minimum absolute atomic E-state index is 0.0587. The Morgan fingerprint density at radius 1 is 1.16 bits per heavy atom. The number of aromatic nitrogens is 1. The molecular formula is C20H19N2O5PS3. The highest BCUT2D eigenvalue weighted by molar-refractivity contribution is 8.16. The second kappa shape index (κ2) is 8.27. The van der Waals surface area contributed by atoms with E-state index in [-0.39, 0.29) is 10.8 Å². The van der Waals surface area contributed by atoms with Gasteiger partial charge >= 0.3 is 7.82 Å². The molecule has 1 aliphatic rings. The summed E-state index contributed by atoms with van der Waals surface area (Å²) in [6.07, 6.45) is 0. The molecule has 0 radical (unpaired) electrons. The number of nitrogens with zero attached hydrogens (tertiary/aromatic N) is 2. The number of rotatable bonds is 5. The number of phenolic OH excluding ortho intramolecular Hbond substituents is 1. The number of hydrogen-bond acceptors (Lipinski definition) is 8. The average Bonchev–Trinajstić information content (AvgIpc) is 3.21. The fourth-order valence-electron chi connectivity index (χ4n) is 2.87. The van der Waals surface area contributed by atoms with E-state index in [1.165, 1.54) is 23.1 Å².